The Morgan fingerprint density at radius 2 is 1.59 bits per heavy atom. The van der Waals surface area contributed by atoms with Crippen molar-refractivity contribution < 1.29 is 38.2 Å². The summed E-state index contributed by atoms with van der Waals surface area (Å²) < 4.78 is 19.7. The molecule has 8 N–H and O–H groups in total. The van der Waals surface area contributed by atoms with Gasteiger partial charge < -0.3 is 65.9 Å². The van der Waals surface area contributed by atoms with Crippen molar-refractivity contribution in [2.45, 2.75) is 81.2 Å². The zero-order valence-corrected chi connectivity index (χ0v) is 44.6. The van der Waals surface area contributed by atoms with Crippen molar-refractivity contribution >= 4 is 57.5 Å². The number of nitrogens with zero attached hydrogens (tertiary/aromatic N) is 5. The van der Waals surface area contributed by atoms with Crippen LogP contribution < -0.4 is 42.8 Å². The third kappa shape index (κ3) is 13.8. The number of nitrogens with two attached hydrogens (primary N) is 1. The number of terminal acetylenes is 1. The van der Waals surface area contributed by atoms with E-state index in [9.17, 15) is 28.8 Å². The number of aromatic amines is 1. The van der Waals surface area contributed by atoms with Gasteiger partial charge in [0.15, 0.2) is 12.2 Å². The predicted molar refractivity (Wildman–Crippen MR) is 297 cm³/mol. The molecule has 2 saturated heterocycles. The Bertz CT molecular complexity index is 3250. The van der Waals surface area contributed by atoms with Gasteiger partial charge in [0.1, 0.15) is 18.3 Å². The van der Waals surface area contributed by atoms with Gasteiger partial charge in [0.25, 0.3) is 11.5 Å². The number of fused-ring (bicyclic) bond motifs is 2. The van der Waals surface area contributed by atoms with Crippen LogP contribution in [0.4, 0.5) is 10.7 Å². The van der Waals surface area contributed by atoms with E-state index in [1.165, 1.54) is 0 Å². The molecule has 5 amide bonds. The number of hydrogen-bond acceptors (Lipinski definition) is 14. The van der Waals surface area contributed by atoms with Crippen molar-refractivity contribution in [1.29, 1.82) is 0 Å². The molecule has 5 heterocycles. The summed E-state index contributed by atoms with van der Waals surface area (Å²) in [6, 6.07) is 26.0. The van der Waals surface area contributed by atoms with E-state index >= 15 is 0 Å². The van der Waals surface area contributed by atoms with Crippen molar-refractivity contribution in [3.05, 3.63) is 124 Å². The van der Waals surface area contributed by atoms with Gasteiger partial charge in [-0.1, -0.05) is 72.7 Å². The van der Waals surface area contributed by atoms with E-state index in [4.69, 9.17) is 31.6 Å². The van der Waals surface area contributed by atoms with Crippen molar-refractivity contribution in [3.63, 3.8) is 0 Å². The van der Waals surface area contributed by atoms with Crippen molar-refractivity contribution in [1.82, 2.24) is 51.0 Å². The second kappa shape index (κ2) is 25.1. The third-order valence-corrected chi connectivity index (χ3v) is 15.0. The van der Waals surface area contributed by atoms with E-state index in [2.05, 4.69) is 65.0 Å². The number of carbonyl (C=O) groups excluding carboxylic acids is 5. The molecular formula is C58H68N12O9. The molecule has 3 aliphatic rings. The molecule has 0 bridgehead atoms. The topological polar surface area (TPSA) is 269 Å². The van der Waals surface area contributed by atoms with Crippen LogP contribution in [-0.4, -0.2) is 144 Å². The molecule has 6 aromatic rings. The Morgan fingerprint density at radius 3 is 2.30 bits per heavy atom. The summed E-state index contributed by atoms with van der Waals surface area (Å²) in [6.45, 7) is 4.30. The number of pyridine rings is 1. The van der Waals surface area contributed by atoms with Gasteiger partial charge in [-0.05, 0) is 80.3 Å². The van der Waals surface area contributed by atoms with Gasteiger partial charge >= 0.3 is 6.09 Å². The number of carbonyl (C=O) groups is 5. The first kappa shape index (κ1) is 55.6. The number of amides is 5. The summed E-state index contributed by atoms with van der Waals surface area (Å²) in [7, 11) is 1.73. The highest BCUT2D eigenvalue weighted by Gasteiger charge is 2.45. The first-order chi connectivity index (χ1) is 38.2. The molecule has 0 radical (unpaired) electrons. The number of nitrogens with one attached hydrogen (secondary N) is 6. The van der Waals surface area contributed by atoms with Crippen LogP contribution in [0.2, 0.25) is 0 Å². The monoisotopic (exact) mass is 1080 g/mol. The van der Waals surface area contributed by atoms with Gasteiger partial charge in [0, 0.05) is 80.0 Å². The molecule has 3 aromatic heterocycles. The second-order valence-corrected chi connectivity index (χ2v) is 20.7. The van der Waals surface area contributed by atoms with Crippen LogP contribution in [0, 0.1) is 12.3 Å². The Hall–Kier alpha value is -8.16. The molecule has 414 valence electrons. The fraction of sp³-hybridized carbons (Fsp3) is 0.414. The first-order valence-electron chi connectivity index (χ1n) is 26.8. The lowest BCUT2D eigenvalue weighted by Gasteiger charge is -2.45. The number of piperidine rings is 2. The highest BCUT2D eigenvalue weighted by atomic mass is 16.6. The van der Waals surface area contributed by atoms with Crippen LogP contribution in [0.5, 0.6) is 0 Å². The zero-order chi connectivity index (χ0) is 55.5. The Labute approximate surface area is 457 Å². The summed E-state index contributed by atoms with van der Waals surface area (Å²) in [5, 5.41) is 15.3. The summed E-state index contributed by atoms with van der Waals surface area (Å²) >= 11 is 0. The first-order valence-corrected chi connectivity index (χ1v) is 26.8. The quantitative estimate of drug-likeness (QED) is 0.0276. The van der Waals surface area contributed by atoms with Crippen molar-refractivity contribution in [3.8, 4) is 23.5 Å². The minimum atomic E-state index is -1.33. The van der Waals surface area contributed by atoms with Crippen LogP contribution in [0.25, 0.3) is 32.9 Å². The normalized spacial score (nSPS) is 16.8. The maximum atomic E-state index is 13.6. The van der Waals surface area contributed by atoms with Gasteiger partial charge in [0.05, 0.1) is 43.6 Å². The lowest BCUT2D eigenvalue weighted by Crippen LogP contribution is -2.55. The molecule has 79 heavy (non-hydrogen) atoms. The van der Waals surface area contributed by atoms with E-state index in [-0.39, 0.29) is 37.0 Å². The van der Waals surface area contributed by atoms with Crippen LogP contribution in [0.1, 0.15) is 62.3 Å². The maximum Gasteiger partial charge on any atom is 0.405 e. The highest BCUT2D eigenvalue weighted by molar-refractivity contribution is 5.98. The van der Waals surface area contributed by atoms with Gasteiger partial charge in [-0.15, -0.1) is 6.42 Å². The van der Waals surface area contributed by atoms with E-state index in [1.807, 2.05) is 60.8 Å². The molecule has 1 aliphatic carbocycles. The Kier molecular flexibility index (Phi) is 17.7. The number of ether oxygens (including phenoxy) is 3. The largest absolute Gasteiger partial charge is 0.440 e. The number of aromatic nitrogens is 4. The van der Waals surface area contributed by atoms with Gasteiger partial charge in [-0.3, -0.25) is 24.0 Å². The van der Waals surface area contributed by atoms with Crippen LogP contribution in [0.3, 0.4) is 0 Å². The van der Waals surface area contributed by atoms with Gasteiger partial charge in [-0.2, -0.15) is 0 Å². The SMILES string of the molecule is C#CCNC1(C)CCN(C2CCN(c3nc(C(COCNC(=O)CNC(=O)C(Cc4ccccc4)NC(=O)CNC(=O)COC(N)=O)(OC4CC4)c4ccccc4)c4cc(-c5cn(C)c(=O)c6[nH]ccc56)ccc4n3)CC2)CC1. The number of primary amides is 1. The predicted octanol–water partition coefficient (Wildman–Crippen LogP) is 3.09. The fourth-order valence-electron chi connectivity index (χ4n) is 10.5. The molecule has 0 spiro atoms. The highest BCUT2D eigenvalue weighted by Crippen LogP contribution is 2.44. The smallest absolute Gasteiger partial charge is 0.405 e. The number of hydrogen-bond donors (Lipinski definition) is 7. The van der Waals surface area contributed by atoms with Crippen LogP contribution in [-0.2, 0) is 52.5 Å². The average Bonchev–Trinajstić information content (AvgIpc) is 4.19. The van der Waals surface area contributed by atoms with Gasteiger partial charge in [-0.25, -0.2) is 14.8 Å². The van der Waals surface area contributed by atoms with Crippen molar-refractivity contribution in [2.75, 3.05) is 70.7 Å². The fourth-order valence-corrected chi connectivity index (χ4v) is 10.5. The molecule has 2 unspecified atom stereocenters. The lowest BCUT2D eigenvalue weighted by atomic mass is 9.87. The number of H-pyrrole nitrogens is 1. The Balaban J connectivity index is 0.961. The molecule has 21 nitrogen and oxygen atoms in total. The minimum Gasteiger partial charge on any atom is -0.440 e. The van der Waals surface area contributed by atoms with E-state index in [1.54, 1.807) is 42.1 Å². The second-order valence-electron chi connectivity index (χ2n) is 20.7. The van der Waals surface area contributed by atoms with E-state index in [0.29, 0.717) is 35.3 Å². The molecule has 9 rings (SSSR count). The lowest BCUT2D eigenvalue weighted by molar-refractivity contribution is -0.131. The zero-order valence-electron chi connectivity index (χ0n) is 44.6. The molecular weight excluding hydrogens is 1010 g/mol. The number of aryl methyl sites for hydroxylation is 1. The molecule has 2 aliphatic heterocycles. The third-order valence-electron chi connectivity index (χ3n) is 15.0. The van der Waals surface area contributed by atoms with E-state index < -0.39 is 61.1 Å². The van der Waals surface area contributed by atoms with Crippen LogP contribution in [0.15, 0.2) is 102 Å². The van der Waals surface area contributed by atoms with Gasteiger partial charge in [0.2, 0.25) is 23.7 Å². The summed E-state index contributed by atoms with van der Waals surface area (Å²) in [5.41, 5.74) is 8.44. The molecule has 1 saturated carbocycles. The molecule has 2 atom stereocenters. The van der Waals surface area contributed by atoms with E-state index in [0.717, 1.165) is 97.7 Å². The summed E-state index contributed by atoms with van der Waals surface area (Å²) in [5.74, 6) is 0.614. The van der Waals surface area contributed by atoms with Crippen molar-refractivity contribution in [2.24, 2.45) is 12.8 Å². The number of likely N-dealkylation sites (tertiary alicyclic amines) is 1. The van der Waals surface area contributed by atoms with Crippen LogP contribution >= 0.6 is 0 Å². The molecule has 3 aromatic carbocycles. The maximum absolute atomic E-state index is 13.6. The summed E-state index contributed by atoms with van der Waals surface area (Å²) in [4.78, 5) is 94.9. The Morgan fingerprint density at radius 1 is 0.873 bits per heavy atom. The number of benzene rings is 3. The standard InChI is InChI=1S/C58H68N12O9/c1-4-24-64-57(2)22-28-69(29-23-57)41-20-26-70(27-21-41)56-66-46-18-15-39(45-34-68(3)54(75)51-43(45)19-25-60-51)31-44(46)52(67-56)58(79-42-16-17-42,40-13-9-6-10-14-40)36-77-37-63-48(71)32-62-53(74)47(30-38-11-7-5-8-12-38)65-49(72)33-61-50(73)35-78-55(59)76/h1,5-15,18-19,25,31,34,41-42,47,60,64H,16-17,20-24,26-30,32-33,35-37H2,2-3H3,(H2,59,76)(H,61,73)(H,62,74)(H,63,71)(H,65,72). The number of anilines is 1. The summed E-state index contributed by atoms with van der Waals surface area (Å²) in [6.07, 6.45) is 13.6. The minimum absolute atomic E-state index is 0.0255. The molecule has 21 heteroatoms. The average molecular weight is 1080 g/mol. The number of rotatable bonds is 23. The molecule has 3 fully saturated rings.